The molecule has 10 heteroatoms. The summed E-state index contributed by atoms with van der Waals surface area (Å²) in [6, 6.07) is 4.00. The molecule has 0 aromatic heterocycles. The van der Waals surface area contributed by atoms with Crippen molar-refractivity contribution in [3.8, 4) is 0 Å². The van der Waals surface area contributed by atoms with Gasteiger partial charge in [0.25, 0.3) is 0 Å². The molecule has 0 bridgehead atoms. The van der Waals surface area contributed by atoms with Gasteiger partial charge in [0.1, 0.15) is 11.9 Å². The SMILES string of the molecule is CN/C=C(\CNC)c1cc(F)cc(CNC(=O)C2C=C(N3CCC(CN=O)C3=O)C=CN2)c1. The third-order valence-corrected chi connectivity index (χ3v) is 5.55. The number of rotatable bonds is 10. The highest BCUT2D eigenvalue weighted by Gasteiger charge is 2.34. The summed E-state index contributed by atoms with van der Waals surface area (Å²) in [6.45, 7) is 1.14. The molecule has 0 saturated carbocycles. The second kappa shape index (κ2) is 11.4. The molecule has 1 fully saturated rings. The van der Waals surface area contributed by atoms with Crippen LogP contribution in [0.2, 0.25) is 0 Å². The largest absolute Gasteiger partial charge is 0.394 e. The summed E-state index contributed by atoms with van der Waals surface area (Å²) in [5, 5.41) is 14.6. The van der Waals surface area contributed by atoms with Crippen LogP contribution in [-0.2, 0) is 16.1 Å². The predicted octanol–water partition coefficient (Wildman–Crippen LogP) is 1.21. The van der Waals surface area contributed by atoms with Crippen molar-refractivity contribution in [1.29, 1.82) is 0 Å². The first-order valence-electron chi connectivity index (χ1n) is 10.8. The Balaban J connectivity index is 1.66. The molecule has 0 radical (unpaired) electrons. The number of carbonyl (C=O) groups excluding carboxylic acids is 2. The molecule has 2 atom stereocenters. The molecule has 0 spiro atoms. The number of likely N-dealkylation sites (tertiary alicyclic amines) is 1. The number of halogens is 1. The summed E-state index contributed by atoms with van der Waals surface area (Å²) < 4.78 is 14.2. The van der Waals surface area contributed by atoms with Crippen LogP contribution in [-0.4, -0.2) is 56.5 Å². The van der Waals surface area contributed by atoms with Crippen LogP contribution in [0.1, 0.15) is 17.5 Å². The Hall–Kier alpha value is -3.53. The van der Waals surface area contributed by atoms with E-state index in [2.05, 4.69) is 26.4 Å². The average Bonchev–Trinajstić information content (AvgIpc) is 3.17. The van der Waals surface area contributed by atoms with E-state index in [9.17, 15) is 18.9 Å². The maximum atomic E-state index is 14.2. The van der Waals surface area contributed by atoms with Crippen molar-refractivity contribution < 1.29 is 14.0 Å². The van der Waals surface area contributed by atoms with Gasteiger partial charge in [0, 0.05) is 38.6 Å². The fraction of sp³-hybridized carbons (Fsp3) is 0.391. The topological polar surface area (TPSA) is 115 Å². The second-order valence-electron chi connectivity index (χ2n) is 7.91. The van der Waals surface area contributed by atoms with Crippen LogP contribution in [0.25, 0.3) is 5.57 Å². The maximum absolute atomic E-state index is 14.2. The summed E-state index contributed by atoms with van der Waals surface area (Å²) in [5.74, 6) is -1.26. The number of nitrogens with one attached hydrogen (secondary N) is 4. The van der Waals surface area contributed by atoms with Crippen molar-refractivity contribution in [1.82, 2.24) is 26.2 Å². The molecule has 9 nitrogen and oxygen atoms in total. The molecule has 3 rings (SSSR count). The van der Waals surface area contributed by atoms with Gasteiger partial charge in [-0.05, 0) is 66.7 Å². The molecule has 1 saturated heterocycles. The highest BCUT2D eigenvalue weighted by atomic mass is 19.1. The van der Waals surface area contributed by atoms with Crippen LogP contribution < -0.4 is 21.3 Å². The van der Waals surface area contributed by atoms with Gasteiger partial charge < -0.3 is 26.2 Å². The van der Waals surface area contributed by atoms with Gasteiger partial charge in [-0.3, -0.25) is 9.59 Å². The molecule has 2 heterocycles. The highest BCUT2D eigenvalue weighted by molar-refractivity contribution is 5.86. The number of amides is 2. The number of carbonyl (C=O) groups is 2. The Morgan fingerprint density at radius 2 is 2.15 bits per heavy atom. The molecule has 33 heavy (non-hydrogen) atoms. The average molecular weight is 457 g/mol. The van der Waals surface area contributed by atoms with Gasteiger partial charge in [0.05, 0.1) is 12.5 Å². The molecule has 1 aromatic rings. The first kappa shape index (κ1) is 24.1. The molecule has 2 aliphatic rings. The fourth-order valence-electron chi connectivity index (χ4n) is 3.94. The zero-order chi connectivity index (χ0) is 23.8. The van der Waals surface area contributed by atoms with Crippen LogP contribution >= 0.6 is 0 Å². The maximum Gasteiger partial charge on any atom is 0.246 e. The van der Waals surface area contributed by atoms with E-state index in [4.69, 9.17) is 0 Å². The number of nitrogens with zero attached hydrogens (tertiary/aromatic N) is 2. The second-order valence-corrected chi connectivity index (χ2v) is 7.91. The lowest BCUT2D eigenvalue weighted by Crippen LogP contribution is -2.43. The summed E-state index contributed by atoms with van der Waals surface area (Å²) >= 11 is 0. The first-order chi connectivity index (χ1) is 16.0. The Morgan fingerprint density at radius 1 is 1.33 bits per heavy atom. The number of dihydropyridines is 1. The van der Waals surface area contributed by atoms with E-state index in [1.807, 2.05) is 13.1 Å². The highest BCUT2D eigenvalue weighted by Crippen LogP contribution is 2.24. The Bertz CT molecular complexity index is 990. The lowest BCUT2D eigenvalue weighted by Gasteiger charge is -2.24. The van der Waals surface area contributed by atoms with E-state index < -0.39 is 12.0 Å². The van der Waals surface area contributed by atoms with E-state index in [0.29, 0.717) is 30.8 Å². The summed E-state index contributed by atoms with van der Waals surface area (Å²) in [4.78, 5) is 37.3. The number of likely N-dealkylation sites (N-methyl/N-ethyl adjacent to an activating group) is 1. The first-order valence-corrected chi connectivity index (χ1v) is 10.8. The summed E-state index contributed by atoms with van der Waals surface area (Å²) in [6.07, 6.45) is 7.36. The van der Waals surface area contributed by atoms with Crippen LogP contribution in [0.3, 0.4) is 0 Å². The van der Waals surface area contributed by atoms with E-state index in [-0.39, 0.29) is 30.7 Å². The van der Waals surface area contributed by atoms with Crippen LogP contribution in [0.15, 0.2) is 53.6 Å². The smallest absolute Gasteiger partial charge is 0.246 e. The van der Waals surface area contributed by atoms with Gasteiger partial charge in [-0.15, -0.1) is 0 Å². The summed E-state index contributed by atoms with van der Waals surface area (Å²) in [5.41, 5.74) is 2.84. The third kappa shape index (κ3) is 6.04. The Kier molecular flexibility index (Phi) is 8.31. The number of hydrogen-bond acceptors (Lipinski definition) is 7. The Labute approximate surface area is 192 Å². The molecule has 0 aliphatic carbocycles. The van der Waals surface area contributed by atoms with E-state index >= 15 is 0 Å². The number of benzene rings is 1. The van der Waals surface area contributed by atoms with Crippen LogP contribution in [0.5, 0.6) is 0 Å². The van der Waals surface area contributed by atoms with E-state index in [1.165, 1.54) is 12.1 Å². The fourth-order valence-corrected chi connectivity index (χ4v) is 3.94. The van der Waals surface area contributed by atoms with Crippen molar-refractivity contribution in [3.63, 3.8) is 0 Å². The van der Waals surface area contributed by atoms with Gasteiger partial charge in [-0.25, -0.2) is 4.39 Å². The zero-order valence-corrected chi connectivity index (χ0v) is 18.7. The quantitative estimate of drug-likeness (QED) is 0.394. The minimum Gasteiger partial charge on any atom is -0.394 e. The van der Waals surface area contributed by atoms with Gasteiger partial charge in [0.2, 0.25) is 11.8 Å². The van der Waals surface area contributed by atoms with Crippen molar-refractivity contribution in [3.05, 3.63) is 70.3 Å². The number of nitroso groups, excluding NO2 is 1. The van der Waals surface area contributed by atoms with Crippen molar-refractivity contribution in [2.24, 2.45) is 11.1 Å². The zero-order valence-electron chi connectivity index (χ0n) is 18.7. The Morgan fingerprint density at radius 3 is 2.88 bits per heavy atom. The third-order valence-electron chi connectivity index (χ3n) is 5.55. The predicted molar refractivity (Wildman–Crippen MR) is 124 cm³/mol. The van der Waals surface area contributed by atoms with E-state index in [1.54, 1.807) is 36.5 Å². The monoisotopic (exact) mass is 456 g/mol. The van der Waals surface area contributed by atoms with E-state index in [0.717, 1.165) is 11.1 Å². The normalized spacial score (nSPS) is 20.3. The standard InChI is InChI=1S/C23H29FN6O3/c1-25-12-18(13-26-2)17-7-15(8-19(24)9-17)11-28-22(31)21-10-20(3-5-27-21)30-6-4-16(14-29-33)23(30)32/h3,5,7-10,12,16,21,25-27H,4,6,11,13-14H2,1-2H3,(H,28,31)/b18-12+. The van der Waals surface area contributed by atoms with Gasteiger partial charge >= 0.3 is 0 Å². The lowest BCUT2D eigenvalue weighted by molar-refractivity contribution is -0.129. The minimum atomic E-state index is -0.682. The van der Waals surface area contributed by atoms with Gasteiger partial charge in [-0.1, -0.05) is 5.18 Å². The molecule has 2 aliphatic heterocycles. The van der Waals surface area contributed by atoms with Crippen molar-refractivity contribution >= 4 is 17.4 Å². The molecule has 176 valence electrons. The number of hydrogen-bond donors (Lipinski definition) is 4. The molecule has 1 aromatic carbocycles. The molecule has 2 unspecified atom stereocenters. The van der Waals surface area contributed by atoms with Gasteiger partial charge in [-0.2, -0.15) is 4.91 Å². The summed E-state index contributed by atoms with van der Waals surface area (Å²) in [7, 11) is 3.59. The lowest BCUT2D eigenvalue weighted by atomic mass is 10.0. The van der Waals surface area contributed by atoms with Crippen molar-refractivity contribution in [2.75, 3.05) is 33.7 Å². The number of allylic oxidation sites excluding steroid dienone is 1. The minimum absolute atomic E-state index is 0.0380. The van der Waals surface area contributed by atoms with Crippen LogP contribution in [0.4, 0.5) is 4.39 Å². The molecule has 2 amide bonds. The van der Waals surface area contributed by atoms with Gasteiger partial charge in [0.15, 0.2) is 0 Å². The molecular weight excluding hydrogens is 427 g/mol. The van der Waals surface area contributed by atoms with Crippen molar-refractivity contribution in [2.45, 2.75) is 19.0 Å². The van der Waals surface area contributed by atoms with Crippen LogP contribution in [0, 0.1) is 16.6 Å². The molecule has 4 N–H and O–H groups in total. The molecular formula is C23H29FN6O3.